The van der Waals surface area contributed by atoms with E-state index >= 15 is 0 Å². The Hall–Kier alpha value is -1.88. The number of carbonyl (C=O) groups excluding carboxylic acids is 2. The van der Waals surface area contributed by atoms with E-state index < -0.39 is 5.60 Å². The van der Waals surface area contributed by atoms with E-state index in [1.165, 1.54) is 0 Å². The summed E-state index contributed by atoms with van der Waals surface area (Å²) in [5, 5.41) is 5.67. The number of rotatable bonds is 5. The Morgan fingerprint density at radius 2 is 1.62 bits per heavy atom. The molecule has 2 N–H and O–H groups in total. The number of hydrogen-bond donors (Lipinski definition) is 2. The summed E-state index contributed by atoms with van der Waals surface area (Å²) in [6.07, 6.45) is 2.54. The van der Waals surface area contributed by atoms with Crippen LogP contribution in [-0.4, -0.2) is 24.5 Å². The number of nitrogens with one attached hydrogen (secondary N) is 2. The number of anilines is 2. The van der Waals surface area contributed by atoms with Crippen LogP contribution in [0.1, 0.15) is 33.1 Å². The van der Waals surface area contributed by atoms with Gasteiger partial charge in [0.25, 0.3) is 5.91 Å². The minimum absolute atomic E-state index is 0.0282. The largest absolute Gasteiger partial charge is 0.368 e. The highest BCUT2D eigenvalue weighted by molar-refractivity contribution is 5.98. The second kappa shape index (κ2) is 6.26. The van der Waals surface area contributed by atoms with Crippen molar-refractivity contribution in [2.45, 2.75) is 38.7 Å². The number of amides is 2. The van der Waals surface area contributed by atoms with Crippen LogP contribution in [0.15, 0.2) is 24.3 Å². The molecule has 5 nitrogen and oxygen atoms in total. The molecule has 1 aliphatic carbocycles. The standard InChI is InChI=1S/C16H22N2O3/c1-11(2)14(19)17-12-5-7-13(8-6-12)18-15(20)16(21-3)9-4-10-16/h5-8,11H,4,9-10H2,1-3H3,(H,17,19)(H,18,20). The van der Waals surface area contributed by atoms with Gasteiger partial charge in [-0.3, -0.25) is 9.59 Å². The maximum absolute atomic E-state index is 12.2. The molecule has 5 heteroatoms. The van der Waals surface area contributed by atoms with Gasteiger partial charge in [-0.1, -0.05) is 13.8 Å². The van der Waals surface area contributed by atoms with Gasteiger partial charge in [-0.15, -0.1) is 0 Å². The topological polar surface area (TPSA) is 67.4 Å². The van der Waals surface area contributed by atoms with Gasteiger partial charge >= 0.3 is 0 Å². The van der Waals surface area contributed by atoms with Crippen molar-refractivity contribution in [3.63, 3.8) is 0 Å². The monoisotopic (exact) mass is 290 g/mol. The predicted octanol–water partition coefficient (Wildman–Crippen LogP) is 2.79. The Bertz CT molecular complexity index is 513. The van der Waals surface area contributed by atoms with Gasteiger partial charge in [0.1, 0.15) is 5.60 Å². The summed E-state index contributed by atoms with van der Waals surface area (Å²) in [6.45, 7) is 3.68. The lowest BCUT2D eigenvalue weighted by Gasteiger charge is -2.38. The van der Waals surface area contributed by atoms with Crippen LogP contribution in [0.25, 0.3) is 0 Å². The molecule has 2 rings (SSSR count). The molecule has 1 saturated carbocycles. The van der Waals surface area contributed by atoms with E-state index in [1.54, 1.807) is 31.4 Å². The van der Waals surface area contributed by atoms with Gasteiger partial charge in [0.15, 0.2) is 0 Å². The number of benzene rings is 1. The van der Waals surface area contributed by atoms with Gasteiger partial charge in [0.2, 0.25) is 5.91 Å². The van der Waals surface area contributed by atoms with Gasteiger partial charge in [0, 0.05) is 24.4 Å². The van der Waals surface area contributed by atoms with Crippen molar-refractivity contribution >= 4 is 23.2 Å². The molecule has 0 spiro atoms. The molecule has 114 valence electrons. The second-order valence-corrected chi connectivity index (χ2v) is 5.73. The van der Waals surface area contributed by atoms with E-state index in [4.69, 9.17) is 4.74 Å². The zero-order chi connectivity index (χ0) is 15.5. The molecule has 0 saturated heterocycles. The van der Waals surface area contributed by atoms with Crippen LogP contribution in [0.3, 0.4) is 0 Å². The zero-order valence-electron chi connectivity index (χ0n) is 12.7. The fraction of sp³-hybridized carbons (Fsp3) is 0.500. The van der Waals surface area contributed by atoms with Crippen LogP contribution < -0.4 is 10.6 Å². The molecule has 0 aromatic heterocycles. The Morgan fingerprint density at radius 1 is 1.10 bits per heavy atom. The molecular weight excluding hydrogens is 268 g/mol. The molecule has 2 amide bonds. The molecule has 0 heterocycles. The Labute approximate surface area is 125 Å². The number of carbonyl (C=O) groups is 2. The summed E-state index contributed by atoms with van der Waals surface area (Å²) in [7, 11) is 1.57. The molecule has 0 atom stereocenters. The zero-order valence-corrected chi connectivity index (χ0v) is 12.7. The van der Waals surface area contributed by atoms with Gasteiger partial charge in [-0.25, -0.2) is 0 Å². The first kappa shape index (κ1) is 15.5. The van der Waals surface area contributed by atoms with Crippen molar-refractivity contribution in [2.24, 2.45) is 5.92 Å². The lowest BCUT2D eigenvalue weighted by Crippen LogP contribution is -2.50. The quantitative estimate of drug-likeness (QED) is 0.876. The summed E-state index contributed by atoms with van der Waals surface area (Å²) in [5.41, 5.74) is 0.757. The van der Waals surface area contributed by atoms with E-state index in [0.717, 1.165) is 24.9 Å². The van der Waals surface area contributed by atoms with Crippen LogP contribution in [0, 0.1) is 5.92 Å². The summed E-state index contributed by atoms with van der Waals surface area (Å²) >= 11 is 0. The normalized spacial score (nSPS) is 16.2. The highest BCUT2D eigenvalue weighted by atomic mass is 16.5. The Morgan fingerprint density at radius 3 is 2.00 bits per heavy atom. The SMILES string of the molecule is COC1(C(=O)Nc2ccc(NC(=O)C(C)C)cc2)CCC1. The summed E-state index contributed by atoms with van der Waals surface area (Å²) in [4.78, 5) is 23.8. The van der Waals surface area contributed by atoms with Crippen molar-refractivity contribution in [3.05, 3.63) is 24.3 Å². The van der Waals surface area contributed by atoms with E-state index in [2.05, 4.69) is 10.6 Å². The van der Waals surface area contributed by atoms with Crippen LogP contribution in [0.4, 0.5) is 11.4 Å². The summed E-state index contributed by atoms with van der Waals surface area (Å²) < 4.78 is 5.34. The average molecular weight is 290 g/mol. The molecule has 0 radical (unpaired) electrons. The van der Waals surface area contributed by atoms with Crippen molar-refractivity contribution in [1.82, 2.24) is 0 Å². The van der Waals surface area contributed by atoms with E-state index in [-0.39, 0.29) is 17.7 Å². The van der Waals surface area contributed by atoms with E-state index in [0.29, 0.717) is 5.69 Å². The minimum Gasteiger partial charge on any atom is -0.368 e. The summed E-state index contributed by atoms with van der Waals surface area (Å²) in [5.74, 6) is -0.195. The van der Waals surface area contributed by atoms with Crippen molar-refractivity contribution < 1.29 is 14.3 Å². The van der Waals surface area contributed by atoms with Crippen molar-refractivity contribution in [1.29, 1.82) is 0 Å². The second-order valence-electron chi connectivity index (χ2n) is 5.73. The number of ether oxygens (including phenoxy) is 1. The maximum Gasteiger partial charge on any atom is 0.256 e. The molecule has 21 heavy (non-hydrogen) atoms. The first-order chi connectivity index (χ1) is 9.97. The van der Waals surface area contributed by atoms with Gasteiger partial charge in [-0.05, 0) is 43.5 Å². The third-order valence-electron chi connectivity index (χ3n) is 3.90. The predicted molar refractivity (Wildman–Crippen MR) is 82.1 cm³/mol. The first-order valence-electron chi connectivity index (χ1n) is 7.24. The molecule has 0 aliphatic heterocycles. The lowest BCUT2D eigenvalue weighted by molar-refractivity contribution is -0.148. The van der Waals surface area contributed by atoms with Crippen molar-refractivity contribution in [3.8, 4) is 0 Å². The minimum atomic E-state index is -0.662. The summed E-state index contributed by atoms with van der Waals surface area (Å²) in [6, 6.07) is 7.10. The molecule has 1 aliphatic rings. The third kappa shape index (κ3) is 3.42. The van der Waals surface area contributed by atoms with Crippen LogP contribution in [0.2, 0.25) is 0 Å². The number of methoxy groups -OCH3 is 1. The molecular formula is C16H22N2O3. The van der Waals surface area contributed by atoms with Gasteiger partial charge < -0.3 is 15.4 Å². The molecule has 1 aromatic carbocycles. The first-order valence-corrected chi connectivity index (χ1v) is 7.24. The van der Waals surface area contributed by atoms with Crippen LogP contribution in [0.5, 0.6) is 0 Å². The van der Waals surface area contributed by atoms with Gasteiger partial charge in [0.05, 0.1) is 0 Å². The highest BCUT2D eigenvalue weighted by Gasteiger charge is 2.44. The lowest BCUT2D eigenvalue weighted by atomic mass is 9.79. The molecule has 1 aromatic rings. The average Bonchev–Trinajstić information content (AvgIpc) is 2.40. The van der Waals surface area contributed by atoms with E-state index in [9.17, 15) is 9.59 Å². The fourth-order valence-electron chi connectivity index (χ4n) is 2.19. The van der Waals surface area contributed by atoms with Crippen LogP contribution >= 0.6 is 0 Å². The molecule has 0 bridgehead atoms. The smallest absolute Gasteiger partial charge is 0.256 e. The third-order valence-corrected chi connectivity index (χ3v) is 3.90. The number of hydrogen-bond acceptors (Lipinski definition) is 3. The highest BCUT2D eigenvalue weighted by Crippen LogP contribution is 2.36. The van der Waals surface area contributed by atoms with Crippen LogP contribution in [-0.2, 0) is 14.3 Å². The molecule has 0 unspecified atom stereocenters. The Balaban J connectivity index is 1.96. The van der Waals surface area contributed by atoms with Crippen molar-refractivity contribution in [2.75, 3.05) is 17.7 Å². The van der Waals surface area contributed by atoms with Gasteiger partial charge in [-0.2, -0.15) is 0 Å². The Kier molecular flexibility index (Phi) is 4.63. The fourth-order valence-corrected chi connectivity index (χ4v) is 2.19. The molecule has 1 fully saturated rings. The van der Waals surface area contributed by atoms with E-state index in [1.807, 2.05) is 13.8 Å². The maximum atomic E-state index is 12.2.